The Bertz CT molecular complexity index is 279. The van der Waals surface area contributed by atoms with Gasteiger partial charge in [0.15, 0.2) is 7.17 Å². The Morgan fingerprint density at radius 3 is 1.88 bits per heavy atom. The maximum Gasteiger partial charge on any atom is 0.398 e. The number of hydrogen-bond donors (Lipinski definition) is 0. The highest BCUT2D eigenvalue weighted by molar-refractivity contribution is 7.14. The van der Waals surface area contributed by atoms with Crippen LogP contribution in [0.2, 0.25) is 24.6 Å². The molecule has 0 unspecified atom stereocenters. The molecule has 2 nitrogen and oxygen atoms in total. The highest BCUT2D eigenvalue weighted by Crippen LogP contribution is 2.43. The van der Waals surface area contributed by atoms with Gasteiger partial charge in [-0.05, 0) is 18.8 Å². The summed E-state index contributed by atoms with van der Waals surface area (Å²) in [6.07, 6.45) is 8.82. The number of hydrogen-bond acceptors (Lipinski definition) is 2. The van der Waals surface area contributed by atoms with Crippen molar-refractivity contribution in [2.24, 2.45) is 0 Å². The molecule has 93 valence electrons. The Morgan fingerprint density at radius 2 is 1.53 bits per heavy atom. The molecule has 0 heterocycles. The van der Waals surface area contributed by atoms with Crippen LogP contribution >= 0.6 is 0 Å². The van der Waals surface area contributed by atoms with E-state index in [-0.39, 0.29) is 11.9 Å². The lowest BCUT2D eigenvalue weighted by molar-refractivity contribution is 0.230. The van der Waals surface area contributed by atoms with Crippen LogP contribution in [0.3, 0.4) is 0 Å². The quantitative estimate of drug-likeness (QED) is 0.646. The molecule has 0 aliphatic heterocycles. The molecule has 0 fully saturated rings. The largest absolute Gasteiger partial charge is 0.418 e. The molecule has 0 aromatic rings. The molecule has 1 aliphatic rings. The molecule has 0 saturated carbocycles. The average molecular weight is 249 g/mol. The first-order chi connectivity index (χ1) is 7.95. The summed E-state index contributed by atoms with van der Waals surface area (Å²) in [5, 5.41) is 0. The minimum Gasteiger partial charge on any atom is -0.418 e. The molecule has 1 aliphatic carbocycles. The van der Waals surface area contributed by atoms with Gasteiger partial charge in [0.25, 0.3) is 0 Å². The molecule has 0 bridgehead atoms. The second-order valence-electron chi connectivity index (χ2n) is 5.35. The molecule has 0 aromatic carbocycles. The Kier molecular flexibility index (Phi) is 5.29. The first-order valence-corrected chi connectivity index (χ1v) is 9.91. The summed E-state index contributed by atoms with van der Waals surface area (Å²) in [7, 11) is 0.639. The van der Waals surface area contributed by atoms with E-state index in [0.717, 1.165) is 0 Å². The first kappa shape index (κ1) is 14.8. The lowest BCUT2D eigenvalue weighted by atomic mass is 9.37. The molecular formula is C12H23B2O2Si. The van der Waals surface area contributed by atoms with Gasteiger partial charge in [-0.1, -0.05) is 43.9 Å². The summed E-state index contributed by atoms with van der Waals surface area (Å²) in [5.74, 6) is 0. The standard InChI is InChI=1S/C12H23B2O2Si/c1-6-15-14(16-7-2)13-12(17(3,4)5)10-8-9-11-12/h8-11H,6-7H2,1-5H3. The maximum atomic E-state index is 5.64. The highest BCUT2D eigenvalue weighted by Gasteiger charge is 2.44. The summed E-state index contributed by atoms with van der Waals surface area (Å²) in [6, 6.07) is 0. The second-order valence-corrected chi connectivity index (χ2v) is 10.7. The topological polar surface area (TPSA) is 18.5 Å². The molecule has 17 heavy (non-hydrogen) atoms. The third-order valence-corrected chi connectivity index (χ3v) is 6.33. The van der Waals surface area contributed by atoms with Gasteiger partial charge in [0, 0.05) is 21.3 Å². The second kappa shape index (κ2) is 6.07. The Hall–Kier alpha value is -0.253. The van der Waals surface area contributed by atoms with Crippen molar-refractivity contribution in [3.8, 4) is 0 Å². The van der Waals surface area contributed by atoms with Gasteiger partial charge >= 0.3 is 7.01 Å². The monoisotopic (exact) mass is 249 g/mol. The lowest BCUT2D eigenvalue weighted by Gasteiger charge is -2.38. The van der Waals surface area contributed by atoms with Crippen LogP contribution in [-0.4, -0.2) is 35.5 Å². The van der Waals surface area contributed by atoms with E-state index in [1.165, 1.54) is 0 Å². The SMILES string of the molecule is CCOB([B]C1([Si](C)(C)C)C=CC=C1)OCC. The van der Waals surface area contributed by atoms with Crippen LogP contribution in [0.25, 0.3) is 0 Å². The fourth-order valence-corrected chi connectivity index (χ4v) is 3.87. The minimum absolute atomic E-state index is 0.0575. The molecule has 0 amide bonds. The van der Waals surface area contributed by atoms with Crippen LogP contribution in [0.5, 0.6) is 0 Å². The van der Waals surface area contributed by atoms with Gasteiger partial charge in [-0.2, -0.15) is 0 Å². The van der Waals surface area contributed by atoms with Crippen molar-refractivity contribution in [1.82, 2.24) is 0 Å². The summed E-state index contributed by atoms with van der Waals surface area (Å²) >= 11 is 0. The van der Waals surface area contributed by atoms with Gasteiger partial charge in [-0.3, -0.25) is 0 Å². The van der Waals surface area contributed by atoms with Gasteiger partial charge in [-0.15, -0.1) is 0 Å². The molecule has 1 rings (SSSR count). The van der Waals surface area contributed by atoms with Gasteiger partial charge in [0.2, 0.25) is 0 Å². The van der Waals surface area contributed by atoms with Crippen molar-refractivity contribution in [3.05, 3.63) is 24.3 Å². The smallest absolute Gasteiger partial charge is 0.398 e. The molecule has 0 atom stereocenters. The van der Waals surface area contributed by atoms with Crippen molar-refractivity contribution in [1.29, 1.82) is 0 Å². The van der Waals surface area contributed by atoms with E-state index in [4.69, 9.17) is 9.31 Å². The van der Waals surface area contributed by atoms with Crippen LogP contribution < -0.4 is 0 Å². The fraction of sp³-hybridized carbons (Fsp3) is 0.667. The molecule has 5 heteroatoms. The van der Waals surface area contributed by atoms with Crippen LogP contribution in [-0.2, 0) is 9.31 Å². The Balaban J connectivity index is 2.79. The van der Waals surface area contributed by atoms with Crippen LogP contribution in [0, 0.1) is 0 Å². The average Bonchev–Trinajstić information content (AvgIpc) is 2.67. The van der Waals surface area contributed by atoms with Crippen molar-refractivity contribution in [2.45, 2.75) is 38.4 Å². The van der Waals surface area contributed by atoms with E-state index in [1.807, 2.05) is 13.8 Å². The van der Waals surface area contributed by atoms with Gasteiger partial charge in [0.1, 0.15) is 0 Å². The van der Waals surface area contributed by atoms with Crippen LogP contribution in [0.4, 0.5) is 0 Å². The minimum atomic E-state index is -1.38. The Morgan fingerprint density at radius 1 is 1.06 bits per heavy atom. The summed E-state index contributed by atoms with van der Waals surface area (Å²) in [4.78, 5) is 0.0575. The van der Waals surface area contributed by atoms with Crippen molar-refractivity contribution in [2.75, 3.05) is 13.2 Å². The zero-order valence-electron chi connectivity index (χ0n) is 11.7. The van der Waals surface area contributed by atoms with E-state index in [1.54, 1.807) is 0 Å². The Labute approximate surface area is 108 Å². The van der Waals surface area contributed by atoms with E-state index in [0.29, 0.717) is 13.2 Å². The summed E-state index contributed by atoms with van der Waals surface area (Å²) < 4.78 is 11.3. The molecule has 0 spiro atoms. The molecule has 0 saturated heterocycles. The molecule has 0 aromatic heterocycles. The zero-order valence-corrected chi connectivity index (χ0v) is 12.7. The maximum absolute atomic E-state index is 5.64. The van der Waals surface area contributed by atoms with Gasteiger partial charge in [0.05, 0.1) is 0 Å². The lowest BCUT2D eigenvalue weighted by Crippen LogP contribution is -2.48. The van der Waals surface area contributed by atoms with Crippen molar-refractivity contribution in [3.63, 3.8) is 0 Å². The van der Waals surface area contributed by atoms with Crippen LogP contribution in [0.15, 0.2) is 24.3 Å². The van der Waals surface area contributed by atoms with E-state index >= 15 is 0 Å². The van der Waals surface area contributed by atoms with E-state index in [9.17, 15) is 0 Å². The highest BCUT2D eigenvalue weighted by atomic mass is 28.3. The molecular weight excluding hydrogens is 226 g/mol. The number of allylic oxidation sites excluding steroid dienone is 4. The van der Waals surface area contributed by atoms with Gasteiger partial charge in [-0.25, -0.2) is 0 Å². The molecule has 1 radical (unpaired) electrons. The van der Waals surface area contributed by atoms with Crippen molar-refractivity contribution < 1.29 is 9.31 Å². The predicted octanol–water partition coefficient (Wildman–Crippen LogP) is 2.91. The number of rotatable bonds is 7. The van der Waals surface area contributed by atoms with Gasteiger partial charge < -0.3 is 9.31 Å². The normalized spacial score (nSPS) is 17.5. The third-order valence-electron chi connectivity index (χ3n) is 3.23. The first-order valence-electron chi connectivity index (χ1n) is 6.41. The van der Waals surface area contributed by atoms with Crippen LogP contribution in [0.1, 0.15) is 13.8 Å². The van der Waals surface area contributed by atoms with E-state index < -0.39 is 8.07 Å². The summed E-state index contributed by atoms with van der Waals surface area (Å²) in [6.45, 7) is 12.5. The predicted molar refractivity (Wildman–Crippen MR) is 79.1 cm³/mol. The van der Waals surface area contributed by atoms with Crippen molar-refractivity contribution >= 4 is 22.3 Å². The third kappa shape index (κ3) is 3.60. The van der Waals surface area contributed by atoms with E-state index in [2.05, 4.69) is 51.1 Å². The molecule has 0 N–H and O–H groups in total. The fourth-order valence-electron chi connectivity index (χ4n) is 2.04. The summed E-state index contributed by atoms with van der Waals surface area (Å²) in [5.41, 5.74) is 0. The zero-order chi connectivity index (χ0) is 12.9.